The highest BCUT2D eigenvalue weighted by atomic mass is 15.2. The molecule has 1 saturated carbocycles. The van der Waals surface area contributed by atoms with Gasteiger partial charge in [0.1, 0.15) is 11.6 Å². The summed E-state index contributed by atoms with van der Waals surface area (Å²) in [5.41, 5.74) is 1.03. The summed E-state index contributed by atoms with van der Waals surface area (Å²) in [6.45, 7) is 5.23. The molecule has 1 aliphatic rings. The first kappa shape index (κ1) is 14.3. The first-order chi connectivity index (χ1) is 9.08. The zero-order chi connectivity index (χ0) is 13.8. The third-order valence-electron chi connectivity index (χ3n) is 4.08. The minimum absolute atomic E-state index is 0.686. The van der Waals surface area contributed by atoms with Gasteiger partial charge < -0.3 is 5.32 Å². The first-order valence-corrected chi connectivity index (χ1v) is 7.31. The molecule has 0 amide bonds. The second-order valence-corrected chi connectivity index (χ2v) is 5.90. The third-order valence-corrected chi connectivity index (χ3v) is 4.08. The van der Waals surface area contributed by atoms with E-state index in [2.05, 4.69) is 34.2 Å². The van der Waals surface area contributed by atoms with Crippen LogP contribution in [0.15, 0.2) is 6.07 Å². The van der Waals surface area contributed by atoms with Gasteiger partial charge in [0, 0.05) is 24.8 Å². The molecule has 0 spiro atoms. The first-order valence-electron chi connectivity index (χ1n) is 7.31. The molecule has 0 bridgehead atoms. The molecular formula is C15H26N4. The summed E-state index contributed by atoms with van der Waals surface area (Å²) in [6, 6.07) is 2.66. The van der Waals surface area contributed by atoms with Gasteiger partial charge in [0.05, 0.1) is 6.54 Å². The number of hydrogen-bond acceptors (Lipinski definition) is 4. The van der Waals surface area contributed by atoms with E-state index in [4.69, 9.17) is 0 Å². The lowest BCUT2D eigenvalue weighted by atomic mass is 9.86. The van der Waals surface area contributed by atoms with Crippen LogP contribution in [0.1, 0.15) is 44.1 Å². The van der Waals surface area contributed by atoms with Crippen LogP contribution >= 0.6 is 0 Å². The van der Waals surface area contributed by atoms with Gasteiger partial charge in [-0.1, -0.05) is 19.8 Å². The molecule has 4 heteroatoms. The second-order valence-electron chi connectivity index (χ2n) is 5.90. The summed E-state index contributed by atoms with van der Waals surface area (Å²) in [6.07, 6.45) is 5.36. The van der Waals surface area contributed by atoms with Crippen molar-refractivity contribution in [3.05, 3.63) is 17.6 Å². The number of nitrogens with zero attached hydrogens (tertiary/aromatic N) is 3. The molecule has 1 aromatic heterocycles. The predicted octanol–water partition coefficient (Wildman–Crippen LogP) is 2.84. The van der Waals surface area contributed by atoms with Crippen molar-refractivity contribution in [3.63, 3.8) is 0 Å². The van der Waals surface area contributed by atoms with Gasteiger partial charge in [-0.25, -0.2) is 9.97 Å². The van der Waals surface area contributed by atoms with Crippen LogP contribution in [0.3, 0.4) is 0 Å². The van der Waals surface area contributed by atoms with Crippen molar-refractivity contribution >= 4 is 5.82 Å². The summed E-state index contributed by atoms with van der Waals surface area (Å²) < 4.78 is 0. The largest absolute Gasteiger partial charge is 0.373 e. The van der Waals surface area contributed by atoms with Gasteiger partial charge in [0.15, 0.2) is 0 Å². The number of rotatable bonds is 4. The summed E-state index contributed by atoms with van der Waals surface area (Å²) in [5, 5.41) is 3.10. The summed E-state index contributed by atoms with van der Waals surface area (Å²) in [4.78, 5) is 11.5. The summed E-state index contributed by atoms with van der Waals surface area (Å²) in [7, 11) is 4.10. The van der Waals surface area contributed by atoms with Gasteiger partial charge in [-0.05, 0) is 32.7 Å². The number of aromatic nitrogens is 2. The number of anilines is 1. The molecule has 1 fully saturated rings. The molecule has 2 atom stereocenters. The lowest BCUT2D eigenvalue weighted by Gasteiger charge is -2.33. The second kappa shape index (κ2) is 6.33. The van der Waals surface area contributed by atoms with Crippen molar-refractivity contribution in [2.75, 3.05) is 19.4 Å². The van der Waals surface area contributed by atoms with E-state index in [0.717, 1.165) is 29.8 Å². The molecule has 0 aromatic carbocycles. The van der Waals surface area contributed by atoms with Crippen LogP contribution < -0.4 is 5.32 Å². The van der Waals surface area contributed by atoms with Crippen molar-refractivity contribution in [1.29, 1.82) is 0 Å². The Bertz CT molecular complexity index is 419. The van der Waals surface area contributed by atoms with Crippen molar-refractivity contribution in [1.82, 2.24) is 14.9 Å². The van der Waals surface area contributed by atoms with Crippen LogP contribution in [0, 0.1) is 12.8 Å². The van der Waals surface area contributed by atoms with Crippen LogP contribution in [0.2, 0.25) is 0 Å². The molecule has 106 valence electrons. The summed E-state index contributed by atoms with van der Waals surface area (Å²) in [5.74, 6) is 2.69. The molecule has 1 heterocycles. The lowest BCUT2D eigenvalue weighted by Crippen LogP contribution is -2.35. The van der Waals surface area contributed by atoms with Gasteiger partial charge >= 0.3 is 0 Å². The molecule has 1 aliphatic carbocycles. The van der Waals surface area contributed by atoms with Crippen molar-refractivity contribution in [2.45, 2.75) is 52.1 Å². The number of aryl methyl sites for hydroxylation is 1. The number of hydrogen-bond donors (Lipinski definition) is 1. The predicted molar refractivity (Wildman–Crippen MR) is 79.2 cm³/mol. The quantitative estimate of drug-likeness (QED) is 0.906. The minimum atomic E-state index is 0.686. The fourth-order valence-electron chi connectivity index (χ4n) is 2.98. The Morgan fingerprint density at radius 1 is 1.37 bits per heavy atom. The van der Waals surface area contributed by atoms with Gasteiger partial charge in [0.2, 0.25) is 0 Å². The van der Waals surface area contributed by atoms with Crippen LogP contribution in [0.4, 0.5) is 5.82 Å². The highest BCUT2D eigenvalue weighted by Gasteiger charge is 2.22. The van der Waals surface area contributed by atoms with E-state index in [0.29, 0.717) is 6.04 Å². The molecule has 0 aliphatic heterocycles. The fraction of sp³-hybridized carbons (Fsp3) is 0.733. The zero-order valence-corrected chi connectivity index (χ0v) is 12.6. The van der Waals surface area contributed by atoms with E-state index in [-0.39, 0.29) is 0 Å². The van der Waals surface area contributed by atoms with E-state index >= 15 is 0 Å². The zero-order valence-electron chi connectivity index (χ0n) is 12.6. The Labute approximate surface area is 116 Å². The van der Waals surface area contributed by atoms with Crippen LogP contribution in [-0.4, -0.2) is 35.0 Å². The fourth-order valence-corrected chi connectivity index (χ4v) is 2.98. The number of nitrogens with one attached hydrogen (secondary N) is 1. The van der Waals surface area contributed by atoms with E-state index in [1.54, 1.807) is 0 Å². The summed E-state index contributed by atoms with van der Waals surface area (Å²) >= 11 is 0. The Hall–Kier alpha value is -1.16. The smallest absolute Gasteiger partial charge is 0.144 e. The van der Waals surface area contributed by atoms with Crippen molar-refractivity contribution < 1.29 is 0 Å². The molecule has 2 unspecified atom stereocenters. The monoisotopic (exact) mass is 262 g/mol. The Morgan fingerprint density at radius 3 is 2.84 bits per heavy atom. The molecule has 4 nitrogen and oxygen atoms in total. The minimum Gasteiger partial charge on any atom is -0.373 e. The van der Waals surface area contributed by atoms with Crippen LogP contribution in [0.5, 0.6) is 0 Å². The van der Waals surface area contributed by atoms with Gasteiger partial charge in [0.25, 0.3) is 0 Å². The van der Waals surface area contributed by atoms with Crippen molar-refractivity contribution in [3.8, 4) is 0 Å². The standard InChI is InChI=1S/C15H26N4/c1-11-6-5-7-13(8-11)19(4)10-15-17-12(2)9-14(16-3)18-15/h9,11,13H,5-8,10H2,1-4H3,(H,16,17,18). The Morgan fingerprint density at radius 2 is 2.16 bits per heavy atom. The molecule has 0 saturated heterocycles. The Kier molecular flexibility index (Phi) is 4.75. The molecule has 19 heavy (non-hydrogen) atoms. The average Bonchev–Trinajstić information content (AvgIpc) is 2.38. The maximum atomic E-state index is 4.54. The van der Waals surface area contributed by atoms with Crippen LogP contribution in [0.25, 0.3) is 0 Å². The molecule has 2 rings (SSSR count). The maximum Gasteiger partial charge on any atom is 0.144 e. The Balaban J connectivity index is 2.01. The molecule has 1 aromatic rings. The topological polar surface area (TPSA) is 41.1 Å². The van der Waals surface area contributed by atoms with E-state index in [1.807, 2.05) is 20.0 Å². The highest BCUT2D eigenvalue weighted by Crippen LogP contribution is 2.27. The normalized spacial score (nSPS) is 23.6. The molecule has 1 N–H and O–H groups in total. The van der Waals surface area contributed by atoms with Crippen LogP contribution in [-0.2, 0) is 6.54 Å². The lowest BCUT2D eigenvalue weighted by molar-refractivity contribution is 0.154. The van der Waals surface area contributed by atoms with E-state index < -0.39 is 0 Å². The van der Waals surface area contributed by atoms with E-state index in [1.165, 1.54) is 25.7 Å². The highest BCUT2D eigenvalue weighted by molar-refractivity contribution is 5.34. The molecular weight excluding hydrogens is 236 g/mol. The van der Waals surface area contributed by atoms with E-state index in [9.17, 15) is 0 Å². The molecule has 0 radical (unpaired) electrons. The van der Waals surface area contributed by atoms with Gasteiger partial charge in [-0.2, -0.15) is 0 Å². The SMILES string of the molecule is CNc1cc(C)nc(CN(C)C2CCCC(C)C2)n1. The van der Waals surface area contributed by atoms with Crippen molar-refractivity contribution in [2.24, 2.45) is 5.92 Å². The van der Waals surface area contributed by atoms with Gasteiger partial charge in [-0.15, -0.1) is 0 Å². The average molecular weight is 262 g/mol. The maximum absolute atomic E-state index is 4.54. The van der Waals surface area contributed by atoms with Gasteiger partial charge in [-0.3, -0.25) is 4.90 Å². The third kappa shape index (κ3) is 3.90.